The van der Waals surface area contributed by atoms with Crippen molar-refractivity contribution in [2.24, 2.45) is 0 Å². The number of methoxy groups -OCH3 is 1. The summed E-state index contributed by atoms with van der Waals surface area (Å²) in [5.41, 5.74) is 10.7. The molecular weight excluding hydrogens is 356 g/mol. The summed E-state index contributed by atoms with van der Waals surface area (Å²) in [4.78, 5) is 5.68. The van der Waals surface area contributed by atoms with E-state index in [9.17, 15) is 0 Å². The molecule has 4 rings (SSSR count). The maximum Gasteiger partial charge on any atom is 0.181 e. The lowest BCUT2D eigenvalue weighted by Gasteiger charge is -2.30. The Morgan fingerprint density at radius 3 is 2.56 bits per heavy atom. The standard InChI is InChI=1S/C22H22N2O2S/c1-13-5-7-14(8-6-13)20-18(24-21(23)27-20)16-9-10-17(25-4)15-11-12-22(2,3)26-19(15)16/h5-12H,1-4H3,(H2,23,24). The second kappa shape index (κ2) is 6.43. The van der Waals surface area contributed by atoms with Crippen molar-refractivity contribution in [1.29, 1.82) is 0 Å². The fourth-order valence-electron chi connectivity index (χ4n) is 3.21. The molecule has 0 aliphatic carbocycles. The van der Waals surface area contributed by atoms with E-state index in [0.717, 1.165) is 38.8 Å². The highest BCUT2D eigenvalue weighted by molar-refractivity contribution is 7.19. The van der Waals surface area contributed by atoms with Crippen LogP contribution in [0.3, 0.4) is 0 Å². The Hall–Kier alpha value is -2.79. The first-order valence-corrected chi connectivity index (χ1v) is 9.62. The van der Waals surface area contributed by atoms with Gasteiger partial charge in [0.15, 0.2) is 5.13 Å². The van der Waals surface area contributed by atoms with Crippen LogP contribution in [0, 0.1) is 6.92 Å². The summed E-state index contributed by atoms with van der Waals surface area (Å²) in [5.74, 6) is 1.56. The topological polar surface area (TPSA) is 57.4 Å². The van der Waals surface area contributed by atoms with E-state index in [2.05, 4.69) is 42.2 Å². The third-order valence-electron chi connectivity index (χ3n) is 4.61. The molecule has 0 unspecified atom stereocenters. The number of hydrogen-bond acceptors (Lipinski definition) is 5. The van der Waals surface area contributed by atoms with Gasteiger partial charge in [-0.05, 0) is 50.6 Å². The van der Waals surface area contributed by atoms with Gasteiger partial charge in [0, 0.05) is 5.56 Å². The third-order valence-corrected chi connectivity index (χ3v) is 5.54. The fraction of sp³-hybridized carbons (Fsp3) is 0.227. The first-order valence-electron chi connectivity index (χ1n) is 8.81. The molecule has 0 spiro atoms. The van der Waals surface area contributed by atoms with Crippen LogP contribution in [0.2, 0.25) is 0 Å². The lowest BCUT2D eigenvalue weighted by molar-refractivity contribution is 0.159. The molecule has 2 aromatic carbocycles. The van der Waals surface area contributed by atoms with Crippen molar-refractivity contribution in [3.8, 4) is 33.2 Å². The van der Waals surface area contributed by atoms with Gasteiger partial charge in [0.2, 0.25) is 0 Å². The van der Waals surface area contributed by atoms with E-state index in [1.807, 2.05) is 32.1 Å². The molecule has 0 bridgehead atoms. The van der Waals surface area contributed by atoms with Crippen LogP contribution in [-0.2, 0) is 0 Å². The second-order valence-corrected chi connectivity index (χ2v) is 8.22. The number of thiazole rings is 1. The number of benzene rings is 2. The van der Waals surface area contributed by atoms with Crippen LogP contribution in [0.1, 0.15) is 25.0 Å². The minimum atomic E-state index is -0.403. The number of aryl methyl sites for hydroxylation is 1. The van der Waals surface area contributed by atoms with Crippen molar-refractivity contribution in [2.45, 2.75) is 26.4 Å². The molecule has 0 fully saturated rings. The SMILES string of the molecule is COc1ccc(-c2nc(N)sc2-c2ccc(C)cc2)c2c1C=CC(C)(C)O2. The molecule has 1 aromatic heterocycles. The van der Waals surface area contributed by atoms with E-state index in [4.69, 9.17) is 15.2 Å². The van der Waals surface area contributed by atoms with E-state index in [1.54, 1.807) is 7.11 Å². The van der Waals surface area contributed by atoms with E-state index in [-0.39, 0.29) is 0 Å². The highest BCUT2D eigenvalue weighted by Gasteiger charge is 2.28. The van der Waals surface area contributed by atoms with E-state index in [0.29, 0.717) is 5.13 Å². The Morgan fingerprint density at radius 1 is 1.11 bits per heavy atom. The molecular formula is C22H22N2O2S. The molecule has 0 atom stereocenters. The Morgan fingerprint density at radius 2 is 1.85 bits per heavy atom. The van der Waals surface area contributed by atoms with Gasteiger partial charge >= 0.3 is 0 Å². The van der Waals surface area contributed by atoms with E-state index in [1.165, 1.54) is 16.9 Å². The van der Waals surface area contributed by atoms with Gasteiger partial charge in [0.05, 0.1) is 23.2 Å². The first-order chi connectivity index (χ1) is 12.9. The molecule has 138 valence electrons. The second-order valence-electron chi connectivity index (χ2n) is 7.19. The largest absolute Gasteiger partial charge is 0.496 e. The van der Waals surface area contributed by atoms with Crippen molar-refractivity contribution < 1.29 is 9.47 Å². The van der Waals surface area contributed by atoms with Crippen molar-refractivity contribution in [3.05, 3.63) is 53.6 Å². The lowest BCUT2D eigenvalue weighted by atomic mass is 9.96. The fourth-order valence-corrected chi connectivity index (χ4v) is 4.07. The molecule has 0 saturated heterocycles. The van der Waals surface area contributed by atoms with Crippen LogP contribution >= 0.6 is 11.3 Å². The average molecular weight is 378 g/mol. The van der Waals surface area contributed by atoms with Crippen molar-refractivity contribution in [2.75, 3.05) is 12.8 Å². The Bertz CT molecular complexity index is 1030. The molecule has 0 saturated carbocycles. The number of fused-ring (bicyclic) bond motifs is 1. The van der Waals surface area contributed by atoms with Crippen LogP contribution in [0.5, 0.6) is 11.5 Å². The Kier molecular flexibility index (Phi) is 4.19. The monoisotopic (exact) mass is 378 g/mol. The lowest BCUT2D eigenvalue weighted by Crippen LogP contribution is -2.28. The van der Waals surface area contributed by atoms with Gasteiger partial charge < -0.3 is 15.2 Å². The quantitative estimate of drug-likeness (QED) is 0.648. The highest BCUT2D eigenvalue weighted by atomic mass is 32.1. The molecule has 4 nitrogen and oxygen atoms in total. The predicted octanol–water partition coefficient (Wildman–Crippen LogP) is 5.56. The minimum Gasteiger partial charge on any atom is -0.496 e. The van der Waals surface area contributed by atoms with Crippen LogP contribution in [-0.4, -0.2) is 17.7 Å². The van der Waals surface area contributed by atoms with Crippen molar-refractivity contribution in [1.82, 2.24) is 4.98 Å². The normalized spacial score (nSPS) is 14.5. The summed E-state index contributed by atoms with van der Waals surface area (Å²) < 4.78 is 11.9. The summed E-state index contributed by atoms with van der Waals surface area (Å²) in [7, 11) is 1.67. The predicted molar refractivity (Wildman–Crippen MR) is 112 cm³/mol. The smallest absolute Gasteiger partial charge is 0.181 e. The molecule has 1 aliphatic rings. The highest BCUT2D eigenvalue weighted by Crippen LogP contribution is 2.47. The molecule has 27 heavy (non-hydrogen) atoms. The van der Waals surface area contributed by atoms with E-state index >= 15 is 0 Å². The van der Waals surface area contributed by atoms with Gasteiger partial charge in [-0.15, -0.1) is 0 Å². The van der Waals surface area contributed by atoms with Gasteiger partial charge in [-0.1, -0.05) is 41.2 Å². The Labute approximate surface area is 163 Å². The Balaban J connectivity index is 1.93. The molecule has 1 aliphatic heterocycles. The summed E-state index contributed by atoms with van der Waals surface area (Å²) in [6.07, 6.45) is 4.10. The molecule has 0 amide bonds. The maximum absolute atomic E-state index is 6.32. The van der Waals surface area contributed by atoms with Gasteiger partial charge in [0.1, 0.15) is 17.1 Å². The summed E-state index contributed by atoms with van der Waals surface area (Å²) in [6, 6.07) is 12.4. The number of hydrogen-bond donors (Lipinski definition) is 1. The molecule has 0 radical (unpaired) electrons. The number of aromatic nitrogens is 1. The molecule has 3 aromatic rings. The molecule has 5 heteroatoms. The van der Waals surface area contributed by atoms with Crippen molar-refractivity contribution in [3.63, 3.8) is 0 Å². The molecule has 2 heterocycles. The van der Waals surface area contributed by atoms with Gasteiger partial charge in [-0.25, -0.2) is 4.98 Å². The van der Waals surface area contributed by atoms with Crippen LogP contribution in [0.4, 0.5) is 5.13 Å². The maximum atomic E-state index is 6.32. The molecule has 2 N–H and O–H groups in total. The number of rotatable bonds is 3. The number of ether oxygens (including phenoxy) is 2. The average Bonchev–Trinajstić information content (AvgIpc) is 3.02. The minimum absolute atomic E-state index is 0.403. The number of nitrogens with two attached hydrogens (primary N) is 1. The number of nitrogen functional groups attached to an aromatic ring is 1. The zero-order valence-corrected chi connectivity index (χ0v) is 16.7. The summed E-state index contributed by atoms with van der Waals surface area (Å²) in [6.45, 7) is 6.14. The van der Waals surface area contributed by atoms with Gasteiger partial charge in [-0.3, -0.25) is 0 Å². The number of nitrogens with zero attached hydrogens (tertiary/aromatic N) is 1. The van der Waals surface area contributed by atoms with Crippen LogP contribution in [0.25, 0.3) is 27.8 Å². The summed E-state index contributed by atoms with van der Waals surface area (Å²) >= 11 is 1.49. The zero-order chi connectivity index (χ0) is 19.2. The van der Waals surface area contributed by atoms with Crippen LogP contribution in [0.15, 0.2) is 42.5 Å². The number of anilines is 1. The van der Waals surface area contributed by atoms with Crippen LogP contribution < -0.4 is 15.2 Å². The van der Waals surface area contributed by atoms with Gasteiger partial charge in [0.25, 0.3) is 0 Å². The van der Waals surface area contributed by atoms with Crippen molar-refractivity contribution >= 4 is 22.5 Å². The first kappa shape index (κ1) is 17.6. The summed E-state index contributed by atoms with van der Waals surface area (Å²) in [5, 5.41) is 0.538. The van der Waals surface area contributed by atoms with Gasteiger partial charge in [-0.2, -0.15) is 0 Å². The van der Waals surface area contributed by atoms with E-state index < -0.39 is 5.60 Å². The third kappa shape index (κ3) is 3.19. The zero-order valence-electron chi connectivity index (χ0n) is 15.9.